The molecular weight excluding hydrogens is 226 g/mol. The van der Waals surface area contributed by atoms with Crippen LogP contribution in [0.2, 0.25) is 0 Å². The summed E-state index contributed by atoms with van der Waals surface area (Å²) in [5.41, 5.74) is 6.75. The Labute approximate surface area is 95.9 Å². The molecule has 0 atom stereocenters. The number of nitrogens with one attached hydrogen (secondary N) is 2. The number of carbonyl (C=O) groups excluding carboxylic acids is 1. The molecule has 0 saturated carbocycles. The van der Waals surface area contributed by atoms with E-state index in [1.165, 1.54) is 11.3 Å². The molecule has 0 spiro atoms. The first-order chi connectivity index (χ1) is 7.79. The molecular formula is C9H11N5OS. The van der Waals surface area contributed by atoms with Crippen molar-refractivity contribution in [2.75, 3.05) is 0 Å². The summed E-state index contributed by atoms with van der Waals surface area (Å²) in [4.78, 5) is 15.7. The Hall–Kier alpha value is -1.73. The zero-order valence-corrected chi connectivity index (χ0v) is 9.25. The lowest BCUT2D eigenvalue weighted by molar-refractivity contribution is 0.0946. The third-order valence-electron chi connectivity index (χ3n) is 1.97. The molecule has 0 fully saturated rings. The first-order valence-electron chi connectivity index (χ1n) is 4.70. The third-order valence-corrected chi connectivity index (χ3v) is 2.84. The molecule has 0 aliphatic rings. The highest BCUT2D eigenvalue weighted by Crippen LogP contribution is 2.08. The first-order valence-corrected chi connectivity index (χ1v) is 5.58. The number of nitrogens with zero attached hydrogens (tertiary/aromatic N) is 2. The average molecular weight is 237 g/mol. The van der Waals surface area contributed by atoms with Gasteiger partial charge in [-0.3, -0.25) is 9.89 Å². The monoisotopic (exact) mass is 237 g/mol. The molecule has 4 N–H and O–H groups in total. The topological polar surface area (TPSA) is 96.7 Å². The van der Waals surface area contributed by atoms with E-state index < -0.39 is 0 Å². The lowest BCUT2D eigenvalue weighted by atomic mass is 10.3. The maximum atomic E-state index is 11.6. The van der Waals surface area contributed by atoms with Crippen LogP contribution < -0.4 is 11.1 Å². The quantitative estimate of drug-likeness (QED) is 0.710. The van der Waals surface area contributed by atoms with Crippen LogP contribution in [0.5, 0.6) is 0 Å². The second kappa shape index (κ2) is 4.86. The fraction of sp³-hybridized carbons (Fsp3) is 0.222. The van der Waals surface area contributed by atoms with E-state index in [1.807, 2.05) is 0 Å². The van der Waals surface area contributed by atoms with Gasteiger partial charge in [0.25, 0.3) is 5.91 Å². The first kappa shape index (κ1) is 10.8. The van der Waals surface area contributed by atoms with Crippen molar-refractivity contribution in [2.45, 2.75) is 13.1 Å². The normalized spacial score (nSPS) is 10.3. The van der Waals surface area contributed by atoms with Crippen molar-refractivity contribution in [3.63, 3.8) is 0 Å². The molecule has 0 saturated heterocycles. The van der Waals surface area contributed by atoms with Gasteiger partial charge in [-0.1, -0.05) is 0 Å². The Kier molecular flexibility index (Phi) is 3.28. The predicted molar refractivity (Wildman–Crippen MR) is 59.8 cm³/mol. The molecule has 0 radical (unpaired) electrons. The third kappa shape index (κ3) is 2.44. The number of thiazole rings is 1. The van der Waals surface area contributed by atoms with Gasteiger partial charge in [0.15, 0.2) is 0 Å². The molecule has 84 valence electrons. The highest BCUT2D eigenvalue weighted by molar-refractivity contribution is 7.09. The van der Waals surface area contributed by atoms with Gasteiger partial charge in [0.1, 0.15) is 10.7 Å². The molecule has 2 aromatic heterocycles. The molecule has 0 aliphatic heterocycles. The van der Waals surface area contributed by atoms with Gasteiger partial charge in [0.2, 0.25) is 0 Å². The van der Waals surface area contributed by atoms with Crippen LogP contribution in [-0.2, 0) is 13.1 Å². The number of hydrogen-bond donors (Lipinski definition) is 3. The number of carbonyl (C=O) groups is 1. The average Bonchev–Trinajstić information content (AvgIpc) is 2.96. The molecule has 0 aliphatic carbocycles. The number of aromatic amines is 1. The van der Waals surface area contributed by atoms with E-state index in [-0.39, 0.29) is 5.91 Å². The van der Waals surface area contributed by atoms with Crippen LogP contribution >= 0.6 is 11.3 Å². The second-order valence-corrected chi connectivity index (χ2v) is 4.06. The van der Waals surface area contributed by atoms with Gasteiger partial charge < -0.3 is 11.1 Å². The molecule has 2 heterocycles. The summed E-state index contributed by atoms with van der Waals surface area (Å²) in [5, 5.41) is 11.7. The lowest BCUT2D eigenvalue weighted by Crippen LogP contribution is -2.23. The van der Waals surface area contributed by atoms with Gasteiger partial charge in [-0.25, -0.2) is 4.98 Å². The zero-order chi connectivity index (χ0) is 11.4. The van der Waals surface area contributed by atoms with E-state index in [4.69, 9.17) is 5.73 Å². The van der Waals surface area contributed by atoms with E-state index in [0.717, 1.165) is 10.6 Å². The van der Waals surface area contributed by atoms with Crippen LogP contribution in [0, 0.1) is 0 Å². The summed E-state index contributed by atoms with van der Waals surface area (Å²) in [6.07, 6.45) is 3.39. The Morgan fingerprint density at radius 1 is 1.62 bits per heavy atom. The van der Waals surface area contributed by atoms with Crippen molar-refractivity contribution in [1.29, 1.82) is 0 Å². The number of rotatable bonds is 4. The number of nitrogens with two attached hydrogens (primary N) is 1. The Bertz CT molecular complexity index is 464. The SMILES string of the molecule is NCc1nc(C(=O)NCc2cn[nH]c2)cs1. The predicted octanol–water partition coefficient (Wildman–Crippen LogP) is 0.255. The minimum Gasteiger partial charge on any atom is -0.346 e. The van der Waals surface area contributed by atoms with Crippen LogP contribution in [0.3, 0.4) is 0 Å². The molecule has 16 heavy (non-hydrogen) atoms. The van der Waals surface area contributed by atoms with Crippen LogP contribution in [0.4, 0.5) is 0 Å². The summed E-state index contributed by atoms with van der Waals surface area (Å²) in [6.45, 7) is 0.796. The van der Waals surface area contributed by atoms with E-state index in [9.17, 15) is 4.79 Å². The van der Waals surface area contributed by atoms with Crippen LogP contribution in [-0.4, -0.2) is 21.1 Å². The van der Waals surface area contributed by atoms with Crippen LogP contribution in [0.15, 0.2) is 17.8 Å². The van der Waals surface area contributed by atoms with Gasteiger partial charge in [-0.05, 0) is 0 Å². The maximum absolute atomic E-state index is 11.6. The largest absolute Gasteiger partial charge is 0.346 e. The van der Waals surface area contributed by atoms with E-state index >= 15 is 0 Å². The van der Waals surface area contributed by atoms with Crippen molar-refractivity contribution in [3.05, 3.63) is 34.0 Å². The number of hydrogen-bond acceptors (Lipinski definition) is 5. The van der Waals surface area contributed by atoms with E-state index in [0.29, 0.717) is 18.8 Å². The zero-order valence-electron chi connectivity index (χ0n) is 8.43. The van der Waals surface area contributed by atoms with Gasteiger partial charge in [0, 0.05) is 30.2 Å². The number of H-pyrrole nitrogens is 1. The van der Waals surface area contributed by atoms with Crippen molar-refractivity contribution in [3.8, 4) is 0 Å². The van der Waals surface area contributed by atoms with Crippen LogP contribution in [0.1, 0.15) is 21.1 Å². The second-order valence-electron chi connectivity index (χ2n) is 3.12. The molecule has 7 heteroatoms. The smallest absolute Gasteiger partial charge is 0.271 e. The summed E-state index contributed by atoms with van der Waals surface area (Å²) in [5.74, 6) is -0.197. The van der Waals surface area contributed by atoms with Crippen molar-refractivity contribution in [2.24, 2.45) is 5.73 Å². The molecule has 0 aromatic carbocycles. The van der Waals surface area contributed by atoms with Crippen molar-refractivity contribution < 1.29 is 4.79 Å². The standard InChI is InChI=1S/C9H11N5OS/c10-1-8-14-7(5-16-8)9(15)11-2-6-3-12-13-4-6/h3-5H,1-2,10H2,(H,11,15)(H,12,13). The molecule has 0 bridgehead atoms. The molecule has 6 nitrogen and oxygen atoms in total. The molecule has 2 rings (SSSR count). The van der Waals surface area contributed by atoms with Gasteiger partial charge in [-0.2, -0.15) is 5.10 Å². The Morgan fingerprint density at radius 3 is 3.12 bits per heavy atom. The summed E-state index contributed by atoms with van der Waals surface area (Å²) < 4.78 is 0. The summed E-state index contributed by atoms with van der Waals surface area (Å²) in [7, 11) is 0. The Balaban J connectivity index is 1.93. The molecule has 1 amide bonds. The Morgan fingerprint density at radius 2 is 2.50 bits per heavy atom. The van der Waals surface area contributed by atoms with Crippen LogP contribution in [0.25, 0.3) is 0 Å². The lowest BCUT2D eigenvalue weighted by Gasteiger charge is -1.99. The summed E-state index contributed by atoms with van der Waals surface area (Å²) >= 11 is 1.39. The molecule has 2 aromatic rings. The minimum atomic E-state index is -0.197. The maximum Gasteiger partial charge on any atom is 0.271 e. The highest BCUT2D eigenvalue weighted by atomic mass is 32.1. The highest BCUT2D eigenvalue weighted by Gasteiger charge is 2.09. The fourth-order valence-corrected chi connectivity index (χ4v) is 1.81. The van der Waals surface area contributed by atoms with Gasteiger partial charge in [-0.15, -0.1) is 11.3 Å². The summed E-state index contributed by atoms with van der Waals surface area (Å²) in [6, 6.07) is 0. The van der Waals surface area contributed by atoms with Gasteiger partial charge in [0.05, 0.1) is 6.20 Å². The minimum absolute atomic E-state index is 0.197. The van der Waals surface area contributed by atoms with Crippen molar-refractivity contribution >= 4 is 17.2 Å². The van der Waals surface area contributed by atoms with E-state index in [1.54, 1.807) is 17.8 Å². The van der Waals surface area contributed by atoms with Crippen molar-refractivity contribution in [1.82, 2.24) is 20.5 Å². The van der Waals surface area contributed by atoms with Gasteiger partial charge >= 0.3 is 0 Å². The number of aromatic nitrogens is 3. The molecule has 0 unspecified atom stereocenters. The number of amides is 1. The fourth-order valence-electron chi connectivity index (χ4n) is 1.16. The van der Waals surface area contributed by atoms with E-state index in [2.05, 4.69) is 20.5 Å².